The van der Waals surface area contributed by atoms with Crippen LogP contribution in [0.2, 0.25) is 0 Å². The van der Waals surface area contributed by atoms with Gasteiger partial charge in [-0.15, -0.1) is 0 Å². The smallest absolute Gasteiger partial charge is 0.316 e. The van der Waals surface area contributed by atoms with Crippen molar-refractivity contribution in [2.75, 3.05) is 14.2 Å². The highest BCUT2D eigenvalue weighted by Gasteiger charge is 2.34. The van der Waals surface area contributed by atoms with Crippen molar-refractivity contribution < 1.29 is 30.4 Å². The number of rotatable bonds is 11. The molecule has 2 rings (SSSR count). The largest absolute Gasteiger partial charge is 0.481 e. The van der Waals surface area contributed by atoms with E-state index < -0.39 is 18.0 Å². The second-order valence-corrected chi connectivity index (χ2v) is 9.44. The van der Waals surface area contributed by atoms with Crippen LogP contribution < -0.4 is 0 Å². The minimum absolute atomic E-state index is 0. The monoisotopic (exact) mass is 523 g/mol. The van der Waals surface area contributed by atoms with Crippen molar-refractivity contribution in [3.05, 3.63) is 0 Å². The SMILES string of the molecule is C.C.C.C.C.COC(CC(C)=O)CC1CCCCC1.COC(CC1CCCCC1)C(C(C)=O)C(=O)O.[2HH]. The predicted molar refractivity (Wildman–Crippen MR) is 157 cm³/mol. The lowest BCUT2D eigenvalue weighted by molar-refractivity contribution is -0.152. The average Bonchev–Trinajstić information content (AvgIpc) is 2.74. The van der Waals surface area contributed by atoms with Gasteiger partial charge in [0.25, 0.3) is 0 Å². The van der Waals surface area contributed by atoms with Crippen LogP contribution in [0.5, 0.6) is 0 Å². The number of carbonyl (C=O) groups is 3. The Hall–Kier alpha value is -1.27. The zero-order valence-electron chi connectivity index (χ0n) is 20.1. The van der Waals surface area contributed by atoms with E-state index in [2.05, 4.69) is 0 Å². The van der Waals surface area contributed by atoms with Gasteiger partial charge in [-0.3, -0.25) is 14.4 Å². The van der Waals surface area contributed by atoms with Crippen molar-refractivity contribution in [1.82, 2.24) is 0 Å². The molecule has 0 spiro atoms. The van der Waals surface area contributed by atoms with Crippen molar-refractivity contribution in [3.63, 3.8) is 0 Å². The number of ether oxygens (including phenoxy) is 2. The summed E-state index contributed by atoms with van der Waals surface area (Å²) >= 11 is 0. The van der Waals surface area contributed by atoms with Gasteiger partial charge in [0.2, 0.25) is 0 Å². The summed E-state index contributed by atoms with van der Waals surface area (Å²) in [6, 6.07) is 0. The Labute approximate surface area is 226 Å². The molecule has 0 aliphatic heterocycles. The van der Waals surface area contributed by atoms with Crippen LogP contribution in [0.1, 0.15) is 136 Å². The number of ketones is 2. The van der Waals surface area contributed by atoms with Crippen LogP contribution in [0.4, 0.5) is 0 Å². The third-order valence-corrected chi connectivity index (χ3v) is 6.84. The predicted octanol–water partition coefficient (Wildman–Crippen LogP) is 8.64. The van der Waals surface area contributed by atoms with Gasteiger partial charge in [0, 0.05) is 22.1 Å². The van der Waals surface area contributed by atoms with Crippen LogP contribution in [-0.4, -0.2) is 49.1 Å². The van der Waals surface area contributed by atoms with Gasteiger partial charge in [-0.25, -0.2) is 0 Å². The first-order valence-corrected chi connectivity index (χ1v) is 12.1. The third kappa shape index (κ3) is 18.0. The van der Waals surface area contributed by atoms with Crippen molar-refractivity contribution in [2.45, 2.75) is 147 Å². The van der Waals surface area contributed by atoms with Gasteiger partial charge in [-0.05, 0) is 38.5 Å². The fraction of sp³-hybridized carbons (Fsp3) is 0.900. The summed E-state index contributed by atoms with van der Waals surface area (Å²) in [5, 5.41) is 9.07. The molecule has 3 atom stereocenters. The van der Waals surface area contributed by atoms with Crippen molar-refractivity contribution in [2.24, 2.45) is 17.8 Å². The molecule has 2 fully saturated rings. The fourth-order valence-electron chi connectivity index (χ4n) is 5.09. The molecule has 0 amide bonds. The maximum atomic E-state index is 11.4. The second kappa shape index (κ2) is 25.4. The Morgan fingerprint density at radius 2 is 1.17 bits per heavy atom. The highest BCUT2D eigenvalue weighted by atomic mass is 16.5. The van der Waals surface area contributed by atoms with Gasteiger partial charge in [0.15, 0.2) is 0 Å². The Balaban J connectivity index is -0.000000113. The van der Waals surface area contributed by atoms with E-state index in [0.29, 0.717) is 18.8 Å². The molecule has 222 valence electrons. The van der Waals surface area contributed by atoms with Crippen LogP contribution in [0.15, 0.2) is 0 Å². The van der Waals surface area contributed by atoms with Crippen molar-refractivity contribution in [1.29, 1.82) is 0 Å². The lowest BCUT2D eigenvalue weighted by atomic mass is 9.82. The van der Waals surface area contributed by atoms with E-state index in [0.717, 1.165) is 25.2 Å². The zero-order valence-corrected chi connectivity index (χ0v) is 20.1. The molecule has 0 heterocycles. The van der Waals surface area contributed by atoms with Crippen molar-refractivity contribution in [3.8, 4) is 0 Å². The molecule has 36 heavy (non-hydrogen) atoms. The normalized spacial score (nSPS) is 17.9. The number of methoxy groups -OCH3 is 2. The minimum atomic E-state index is -1.07. The molecular formula is C30H66O6. The number of carbonyl (C=O) groups excluding carboxylic acids is 2. The first-order valence-electron chi connectivity index (χ1n) is 12.1. The van der Waals surface area contributed by atoms with Crippen LogP contribution in [0.3, 0.4) is 0 Å². The summed E-state index contributed by atoms with van der Waals surface area (Å²) in [6.45, 7) is 2.97. The molecule has 6 nitrogen and oxygen atoms in total. The molecule has 0 bridgehead atoms. The van der Waals surface area contributed by atoms with E-state index in [4.69, 9.17) is 14.6 Å². The summed E-state index contributed by atoms with van der Waals surface area (Å²) < 4.78 is 10.6. The van der Waals surface area contributed by atoms with Crippen LogP contribution in [0.25, 0.3) is 0 Å². The molecule has 2 aliphatic carbocycles. The molecule has 3 unspecified atom stereocenters. The first kappa shape index (κ1) is 44.7. The number of carboxylic acid groups (broad SMARTS) is 1. The molecule has 0 aromatic heterocycles. The van der Waals surface area contributed by atoms with Gasteiger partial charge in [0.1, 0.15) is 17.5 Å². The third-order valence-electron chi connectivity index (χ3n) is 6.84. The van der Waals surface area contributed by atoms with Crippen LogP contribution in [0, 0.1) is 17.8 Å². The number of aliphatic carboxylic acids is 1. The summed E-state index contributed by atoms with van der Waals surface area (Å²) in [4.78, 5) is 33.4. The molecule has 2 aliphatic rings. The fourth-order valence-corrected chi connectivity index (χ4v) is 5.09. The van der Waals surface area contributed by atoms with E-state index in [-0.39, 0.29) is 56.2 Å². The average molecular weight is 524 g/mol. The zero-order chi connectivity index (χ0) is 23.2. The molecular weight excluding hydrogens is 456 g/mol. The molecule has 0 aromatic carbocycles. The Morgan fingerprint density at radius 3 is 1.47 bits per heavy atom. The minimum Gasteiger partial charge on any atom is -0.481 e. The highest BCUT2D eigenvalue weighted by Crippen LogP contribution is 2.30. The summed E-state index contributed by atoms with van der Waals surface area (Å²) in [5.41, 5.74) is 0. The lowest BCUT2D eigenvalue weighted by Gasteiger charge is -2.28. The van der Waals surface area contributed by atoms with Crippen LogP contribution in [-0.2, 0) is 23.9 Å². The van der Waals surface area contributed by atoms with E-state index in [9.17, 15) is 14.4 Å². The number of carboxylic acids is 1. The summed E-state index contributed by atoms with van der Waals surface area (Å²) in [7, 11) is 3.21. The van der Waals surface area contributed by atoms with Gasteiger partial charge < -0.3 is 14.6 Å². The number of Topliss-reactive ketones (excluding diaryl/α,β-unsaturated/α-hetero) is 2. The topological polar surface area (TPSA) is 89.9 Å². The lowest BCUT2D eigenvalue weighted by Crippen LogP contribution is -2.36. The van der Waals surface area contributed by atoms with Gasteiger partial charge >= 0.3 is 5.97 Å². The highest BCUT2D eigenvalue weighted by molar-refractivity contribution is 5.97. The number of hydrogen-bond donors (Lipinski definition) is 1. The van der Waals surface area contributed by atoms with E-state index in [1.165, 1.54) is 65.4 Å². The Kier molecular flexibility index (Phi) is 31.5. The molecule has 0 radical (unpaired) electrons. The van der Waals surface area contributed by atoms with Gasteiger partial charge in [0.05, 0.1) is 12.2 Å². The molecule has 0 aromatic rings. The molecule has 1 N–H and O–H groups in total. The Bertz CT molecular complexity index is 528. The maximum absolute atomic E-state index is 11.4. The standard InChI is InChI=1S/C13H22O4.C12H22O2.5CH4.H2/c1-9(14)12(13(15)16)11(17-2)8-10-6-4-3-5-7-10;1-10(13)8-12(14-2)9-11-6-4-3-5-7-11;;;;;;/h10-12H,3-8H2,1-2H3,(H,15,16);11-12H,3-9H2,1-2H3;5*1H4;1H/i;;;;;;;1+1. The van der Waals surface area contributed by atoms with E-state index >= 15 is 0 Å². The summed E-state index contributed by atoms with van der Waals surface area (Å²) in [5.74, 6) is -0.849. The quantitative estimate of drug-likeness (QED) is 0.272. The molecule has 0 saturated heterocycles. The first-order chi connectivity index (χ1) is 14.8. The van der Waals surface area contributed by atoms with E-state index in [1.807, 2.05) is 0 Å². The number of hydrogen-bond acceptors (Lipinski definition) is 5. The summed E-state index contributed by atoms with van der Waals surface area (Å²) in [6.07, 6.45) is 14.8. The van der Waals surface area contributed by atoms with Gasteiger partial charge in [-0.2, -0.15) is 0 Å². The Morgan fingerprint density at radius 1 is 0.750 bits per heavy atom. The van der Waals surface area contributed by atoms with Crippen LogP contribution >= 0.6 is 0 Å². The second-order valence-electron chi connectivity index (χ2n) is 9.44. The molecule has 6 heteroatoms. The van der Waals surface area contributed by atoms with Gasteiger partial charge in [-0.1, -0.05) is 101 Å². The van der Waals surface area contributed by atoms with Crippen molar-refractivity contribution >= 4 is 17.5 Å². The van der Waals surface area contributed by atoms with E-state index in [1.54, 1.807) is 14.0 Å². The maximum Gasteiger partial charge on any atom is 0.316 e. The molecule has 2 saturated carbocycles.